The minimum absolute atomic E-state index is 0.103. The molecule has 1 aliphatic rings. The summed E-state index contributed by atoms with van der Waals surface area (Å²) in [7, 11) is 0. The number of benzene rings is 1. The van der Waals surface area contributed by atoms with Crippen molar-refractivity contribution in [1.29, 1.82) is 0 Å². The van der Waals surface area contributed by atoms with Gasteiger partial charge in [-0.2, -0.15) is 13.2 Å². The van der Waals surface area contributed by atoms with E-state index in [0.717, 1.165) is 23.4 Å². The van der Waals surface area contributed by atoms with E-state index in [1.165, 1.54) is 24.3 Å². The first kappa shape index (κ1) is 23.8. The first-order valence-electron chi connectivity index (χ1n) is 9.31. The second-order valence-corrected chi connectivity index (χ2v) is 6.74. The number of halogens is 6. The Morgan fingerprint density at radius 1 is 0.970 bits per heavy atom. The van der Waals surface area contributed by atoms with Crippen molar-refractivity contribution in [3.63, 3.8) is 0 Å². The number of alkyl halides is 6. The van der Waals surface area contributed by atoms with E-state index in [1.54, 1.807) is 18.3 Å². The van der Waals surface area contributed by atoms with Crippen LogP contribution in [0.4, 0.5) is 26.3 Å². The lowest BCUT2D eigenvalue weighted by molar-refractivity contribution is -0.274. The van der Waals surface area contributed by atoms with E-state index in [-0.39, 0.29) is 11.7 Å². The second kappa shape index (κ2) is 9.35. The number of rotatable bonds is 3. The van der Waals surface area contributed by atoms with Gasteiger partial charge in [0.15, 0.2) is 0 Å². The van der Waals surface area contributed by atoms with Gasteiger partial charge in [0.2, 0.25) is 6.29 Å². The molecule has 0 aliphatic carbocycles. The summed E-state index contributed by atoms with van der Waals surface area (Å²) in [5.74, 6) is -0.390. The molecule has 0 radical (unpaired) electrons. The van der Waals surface area contributed by atoms with Gasteiger partial charge in [-0.3, -0.25) is 14.6 Å². The van der Waals surface area contributed by atoms with E-state index in [4.69, 9.17) is 4.79 Å². The maximum absolute atomic E-state index is 12.3. The molecule has 1 aliphatic heterocycles. The lowest BCUT2D eigenvalue weighted by Gasteiger charge is -2.11. The molecule has 0 unspecified atom stereocenters. The van der Waals surface area contributed by atoms with E-state index in [0.29, 0.717) is 23.4 Å². The van der Waals surface area contributed by atoms with Gasteiger partial charge in [-0.15, -0.1) is 13.2 Å². The quantitative estimate of drug-likeness (QED) is 0.430. The third-order valence-corrected chi connectivity index (χ3v) is 4.39. The Labute approximate surface area is 182 Å². The Morgan fingerprint density at radius 2 is 1.64 bits per heavy atom. The molecule has 2 N–H and O–H groups in total. The molecule has 4 rings (SSSR count). The fourth-order valence-corrected chi connectivity index (χ4v) is 3.03. The number of nitrogens with one attached hydrogen (secondary N) is 2. The van der Waals surface area contributed by atoms with Gasteiger partial charge in [0.25, 0.3) is 5.91 Å². The van der Waals surface area contributed by atoms with Crippen molar-refractivity contribution in [2.75, 3.05) is 6.54 Å². The number of aromatic amines is 1. The lowest BCUT2D eigenvalue weighted by atomic mass is 10.1. The van der Waals surface area contributed by atoms with Crippen molar-refractivity contribution in [3.05, 3.63) is 59.9 Å². The zero-order chi connectivity index (χ0) is 24.2. The summed E-state index contributed by atoms with van der Waals surface area (Å²) >= 11 is 0. The Bertz CT molecular complexity index is 1140. The van der Waals surface area contributed by atoms with Gasteiger partial charge >= 0.3 is 12.5 Å². The van der Waals surface area contributed by atoms with E-state index < -0.39 is 18.8 Å². The molecule has 0 saturated carbocycles. The molecule has 6 nitrogen and oxygen atoms in total. The van der Waals surface area contributed by atoms with E-state index >= 15 is 0 Å². The van der Waals surface area contributed by atoms with Crippen molar-refractivity contribution in [2.24, 2.45) is 0 Å². The Hall–Kier alpha value is -3.83. The van der Waals surface area contributed by atoms with Crippen molar-refractivity contribution in [1.82, 2.24) is 15.3 Å². The van der Waals surface area contributed by atoms with Crippen LogP contribution in [-0.4, -0.2) is 41.2 Å². The Kier molecular flexibility index (Phi) is 6.75. The smallest absolute Gasteiger partial charge is 0.406 e. The number of pyridine rings is 1. The predicted octanol–water partition coefficient (Wildman–Crippen LogP) is 4.68. The number of ether oxygens (including phenoxy) is 1. The highest BCUT2D eigenvalue weighted by Crippen LogP contribution is 2.29. The van der Waals surface area contributed by atoms with Crippen LogP contribution >= 0.6 is 0 Å². The fourth-order valence-electron chi connectivity index (χ4n) is 3.03. The number of fused-ring (bicyclic) bond motifs is 1. The fraction of sp³-hybridized carbons (Fsp3) is 0.190. The van der Waals surface area contributed by atoms with Gasteiger partial charge in [-0.05, 0) is 42.5 Å². The van der Waals surface area contributed by atoms with Gasteiger partial charge in [-0.25, -0.2) is 0 Å². The number of nitrogens with zero attached hydrogens (tertiary/aromatic N) is 1. The van der Waals surface area contributed by atoms with Crippen molar-refractivity contribution < 1.29 is 40.7 Å². The minimum atomic E-state index is -4.72. The number of carbonyl (C=O) groups excluding carboxylic acids is 2. The van der Waals surface area contributed by atoms with Crippen LogP contribution in [0.1, 0.15) is 16.1 Å². The van der Waals surface area contributed by atoms with E-state index in [9.17, 15) is 31.1 Å². The summed E-state index contributed by atoms with van der Waals surface area (Å²) in [6.45, 7) is 0.597. The maximum atomic E-state index is 12.3. The minimum Gasteiger partial charge on any atom is -0.406 e. The van der Waals surface area contributed by atoms with Crippen LogP contribution in [0.2, 0.25) is 0 Å². The van der Waals surface area contributed by atoms with Crippen LogP contribution in [0.3, 0.4) is 0 Å². The standard InChI is InChI=1S/C19H14F3N3O2.C2HF3O/c20-19(21,22)27-13-3-1-11(2-4-13)16-9-12(5-7-23-16)17-10-14-15(25-17)6-8-24-18(14)26;3-2(4,5)1-6/h1-5,7,9-10,25H,6,8H2,(H,24,26);1H. The van der Waals surface area contributed by atoms with Gasteiger partial charge in [-0.1, -0.05) is 0 Å². The highest BCUT2D eigenvalue weighted by molar-refractivity contribution is 5.97. The molecule has 12 heteroatoms. The highest BCUT2D eigenvalue weighted by Gasteiger charge is 2.31. The molecule has 0 fully saturated rings. The second-order valence-electron chi connectivity index (χ2n) is 6.74. The third kappa shape index (κ3) is 6.57. The molecule has 0 saturated heterocycles. The van der Waals surface area contributed by atoms with Gasteiger partial charge in [0, 0.05) is 41.7 Å². The molecule has 1 amide bonds. The molecule has 0 spiro atoms. The van der Waals surface area contributed by atoms with Crippen LogP contribution in [0, 0.1) is 0 Å². The summed E-state index contributed by atoms with van der Waals surface area (Å²) in [6.07, 6.45) is -8.07. The number of H-pyrrole nitrogens is 1. The van der Waals surface area contributed by atoms with E-state index in [2.05, 4.69) is 20.0 Å². The molecule has 3 aromatic rings. The molecule has 0 bridgehead atoms. The van der Waals surface area contributed by atoms with Crippen molar-refractivity contribution >= 4 is 12.2 Å². The predicted molar refractivity (Wildman–Crippen MR) is 104 cm³/mol. The molecule has 33 heavy (non-hydrogen) atoms. The first-order chi connectivity index (χ1) is 15.4. The zero-order valence-corrected chi connectivity index (χ0v) is 16.6. The number of carbonyl (C=O) groups is 2. The van der Waals surface area contributed by atoms with Crippen LogP contribution in [0.15, 0.2) is 48.7 Å². The first-order valence-corrected chi connectivity index (χ1v) is 9.31. The molecule has 174 valence electrons. The normalized spacial score (nSPS) is 13.3. The van der Waals surface area contributed by atoms with Crippen LogP contribution in [0.25, 0.3) is 22.5 Å². The van der Waals surface area contributed by atoms with Crippen LogP contribution in [-0.2, 0) is 11.2 Å². The Balaban J connectivity index is 0.000000454. The number of hydrogen-bond donors (Lipinski definition) is 2. The summed E-state index contributed by atoms with van der Waals surface area (Å²) in [4.78, 5) is 28.2. The monoisotopic (exact) mass is 471 g/mol. The van der Waals surface area contributed by atoms with Crippen molar-refractivity contribution in [3.8, 4) is 28.3 Å². The molecule has 1 aromatic carbocycles. The molecular weight excluding hydrogens is 456 g/mol. The topological polar surface area (TPSA) is 84.1 Å². The zero-order valence-electron chi connectivity index (χ0n) is 16.6. The average Bonchev–Trinajstić information content (AvgIpc) is 3.19. The maximum Gasteiger partial charge on any atom is 0.573 e. The average molecular weight is 471 g/mol. The molecular formula is C21H15F6N3O3. The van der Waals surface area contributed by atoms with E-state index in [1.807, 2.05) is 6.07 Å². The third-order valence-electron chi connectivity index (χ3n) is 4.39. The summed E-state index contributed by atoms with van der Waals surface area (Å²) in [5, 5.41) is 2.80. The van der Waals surface area contributed by atoms with Gasteiger partial charge in [0.1, 0.15) is 5.75 Å². The largest absolute Gasteiger partial charge is 0.573 e. The van der Waals surface area contributed by atoms with Gasteiger partial charge in [0.05, 0.1) is 11.3 Å². The Morgan fingerprint density at radius 3 is 2.21 bits per heavy atom. The molecule has 2 aromatic heterocycles. The number of amides is 1. The summed E-state index contributed by atoms with van der Waals surface area (Å²) in [5.41, 5.74) is 4.39. The molecule has 0 atom stereocenters. The lowest BCUT2D eigenvalue weighted by Crippen LogP contribution is -2.31. The molecule has 3 heterocycles. The van der Waals surface area contributed by atoms with Crippen LogP contribution in [0.5, 0.6) is 5.75 Å². The van der Waals surface area contributed by atoms with Crippen molar-refractivity contribution in [2.45, 2.75) is 19.0 Å². The van der Waals surface area contributed by atoms with Crippen LogP contribution < -0.4 is 10.1 Å². The number of hydrogen-bond acceptors (Lipinski definition) is 4. The summed E-state index contributed by atoms with van der Waals surface area (Å²) < 4.78 is 71.9. The highest BCUT2D eigenvalue weighted by atomic mass is 19.4. The number of aldehydes is 1. The number of aromatic nitrogens is 2. The van der Waals surface area contributed by atoms with Gasteiger partial charge < -0.3 is 15.0 Å². The summed E-state index contributed by atoms with van der Waals surface area (Å²) in [6, 6.07) is 10.9. The SMILES string of the molecule is O=C1NCCc2[nH]c(-c3ccnc(-c4ccc(OC(F)(F)F)cc4)c3)cc21.O=CC(F)(F)F.